The molecule has 0 atom stereocenters. The van der Waals surface area contributed by atoms with Crippen molar-refractivity contribution >= 4 is 67.8 Å². The molecule has 8 aromatic carbocycles. The van der Waals surface area contributed by atoms with Gasteiger partial charge in [0, 0.05) is 34.1 Å². The topological polar surface area (TPSA) is 54.1 Å². The summed E-state index contributed by atoms with van der Waals surface area (Å²) in [6.07, 6.45) is 4.26. The molecule has 0 spiro atoms. The van der Waals surface area contributed by atoms with E-state index < -0.39 is 0 Å². The van der Waals surface area contributed by atoms with Crippen molar-refractivity contribution in [2.24, 2.45) is 0 Å². The number of hydrogen-bond acceptors (Lipinski definition) is 4. The van der Waals surface area contributed by atoms with Gasteiger partial charge in [0.1, 0.15) is 0 Å². The number of nitriles is 2. The van der Waals surface area contributed by atoms with Crippen molar-refractivity contribution in [2.45, 2.75) is 0 Å². The van der Waals surface area contributed by atoms with Gasteiger partial charge in [-0.25, -0.2) is 0 Å². The number of fused-ring (bicyclic) bond motifs is 2. The molecule has 8 rings (SSSR count). The second-order valence-corrected chi connectivity index (χ2v) is 12.6. The normalized spacial score (nSPS) is 11.0. The Bertz CT molecular complexity index is 2440. The summed E-state index contributed by atoms with van der Waals surface area (Å²) in [5, 5.41) is 23.5. The van der Waals surface area contributed by atoms with Crippen LogP contribution < -0.4 is 9.80 Å². The van der Waals surface area contributed by atoms with Gasteiger partial charge in [-0.1, -0.05) is 97.1 Å². The minimum Gasteiger partial charge on any atom is -0.310 e. The lowest BCUT2D eigenvalue weighted by atomic mass is 10.1. The smallest absolute Gasteiger partial charge is 0.0991 e. The van der Waals surface area contributed by atoms with E-state index in [0.717, 1.165) is 45.3 Å². The van der Waals surface area contributed by atoms with E-state index in [0.29, 0.717) is 11.1 Å². The molecule has 0 aliphatic rings. The molecule has 0 aromatic heterocycles. The van der Waals surface area contributed by atoms with Gasteiger partial charge < -0.3 is 9.80 Å². The number of benzene rings is 8. The summed E-state index contributed by atoms with van der Waals surface area (Å²) in [5.41, 5.74) is 9.54. The average Bonchev–Trinajstić information content (AvgIpc) is 3.21. The summed E-state index contributed by atoms with van der Waals surface area (Å²) >= 11 is 0. The maximum atomic E-state index is 9.38. The van der Waals surface area contributed by atoms with Gasteiger partial charge in [-0.15, -0.1) is 0 Å². The fourth-order valence-electron chi connectivity index (χ4n) is 6.56. The molecule has 244 valence electrons. The summed E-state index contributed by atoms with van der Waals surface area (Å²) in [6.45, 7) is 0. The minimum atomic E-state index is 0.631. The highest BCUT2D eigenvalue weighted by molar-refractivity contribution is 5.91. The van der Waals surface area contributed by atoms with E-state index in [9.17, 15) is 10.5 Å². The Hall–Kier alpha value is -7.40. The van der Waals surface area contributed by atoms with E-state index in [4.69, 9.17) is 0 Å². The van der Waals surface area contributed by atoms with Crippen molar-refractivity contribution in [3.05, 3.63) is 204 Å². The molecule has 0 heterocycles. The Balaban J connectivity index is 1.07. The molecule has 4 nitrogen and oxygen atoms in total. The zero-order chi connectivity index (χ0) is 35.3. The number of anilines is 6. The lowest BCUT2D eigenvalue weighted by Gasteiger charge is -2.26. The van der Waals surface area contributed by atoms with Crippen LogP contribution in [0.3, 0.4) is 0 Å². The molecule has 0 radical (unpaired) electrons. The lowest BCUT2D eigenvalue weighted by Crippen LogP contribution is -2.10. The molecule has 0 aliphatic carbocycles. The van der Waals surface area contributed by atoms with Gasteiger partial charge >= 0.3 is 0 Å². The van der Waals surface area contributed by atoms with Crippen LogP contribution in [0.1, 0.15) is 22.3 Å². The van der Waals surface area contributed by atoms with Crippen LogP contribution in [0.4, 0.5) is 34.1 Å². The third-order valence-corrected chi connectivity index (χ3v) is 9.26. The van der Waals surface area contributed by atoms with Gasteiger partial charge in [0.15, 0.2) is 0 Å². The van der Waals surface area contributed by atoms with Crippen LogP contribution in [0.15, 0.2) is 182 Å². The Morgan fingerprint density at radius 1 is 0.327 bits per heavy atom. The highest BCUT2D eigenvalue weighted by Crippen LogP contribution is 2.38. The summed E-state index contributed by atoms with van der Waals surface area (Å²) in [5.74, 6) is 0. The van der Waals surface area contributed by atoms with Crippen LogP contribution in [0.25, 0.3) is 33.7 Å². The fourth-order valence-corrected chi connectivity index (χ4v) is 6.56. The third kappa shape index (κ3) is 6.61. The highest BCUT2D eigenvalue weighted by Gasteiger charge is 2.15. The van der Waals surface area contributed by atoms with Crippen LogP contribution in [-0.4, -0.2) is 0 Å². The molecule has 0 N–H and O–H groups in total. The standard InChI is InChI=1S/C48H32N4/c49-33-37-15-25-45(26-16-37)51(47-29-19-39-5-1-3-7-41(39)31-47)43-21-11-35(12-22-43)9-10-36-13-23-44(24-14-36)52(46-27-17-38(34-50)18-28-46)48-30-20-40-6-2-4-8-42(40)32-48/h1-32H/b10-9+. The third-order valence-electron chi connectivity index (χ3n) is 9.26. The molecule has 8 aromatic rings. The molecule has 0 amide bonds. The fraction of sp³-hybridized carbons (Fsp3) is 0. The summed E-state index contributed by atoms with van der Waals surface area (Å²) in [7, 11) is 0. The Morgan fingerprint density at radius 2 is 0.635 bits per heavy atom. The maximum absolute atomic E-state index is 9.38. The Labute approximate surface area is 303 Å². The van der Waals surface area contributed by atoms with Crippen LogP contribution in [0, 0.1) is 22.7 Å². The molecule has 4 heteroatoms. The minimum absolute atomic E-state index is 0.631. The summed E-state index contributed by atoms with van der Waals surface area (Å²) in [6, 6.07) is 66.6. The van der Waals surface area contributed by atoms with Crippen LogP contribution in [-0.2, 0) is 0 Å². The molecule has 0 aliphatic heterocycles. The van der Waals surface area contributed by atoms with Crippen LogP contribution in [0.2, 0.25) is 0 Å². The molecule has 0 fully saturated rings. The van der Waals surface area contributed by atoms with Crippen molar-refractivity contribution in [3.8, 4) is 12.1 Å². The van der Waals surface area contributed by atoms with Gasteiger partial charge in [-0.05, 0) is 130 Å². The van der Waals surface area contributed by atoms with Crippen LogP contribution in [0.5, 0.6) is 0 Å². The predicted octanol–water partition coefficient (Wildman–Crippen LogP) is 12.8. The Kier molecular flexibility index (Phi) is 8.71. The van der Waals surface area contributed by atoms with Crippen LogP contribution >= 0.6 is 0 Å². The Morgan fingerprint density at radius 3 is 0.981 bits per heavy atom. The second-order valence-electron chi connectivity index (χ2n) is 12.6. The summed E-state index contributed by atoms with van der Waals surface area (Å²) in [4.78, 5) is 4.43. The van der Waals surface area contributed by atoms with Crippen molar-refractivity contribution in [1.29, 1.82) is 10.5 Å². The van der Waals surface area contributed by atoms with Gasteiger partial charge in [0.25, 0.3) is 0 Å². The first-order valence-corrected chi connectivity index (χ1v) is 17.1. The zero-order valence-electron chi connectivity index (χ0n) is 28.3. The SMILES string of the molecule is N#Cc1ccc(N(c2ccc(/C=C/c3ccc(N(c4ccc(C#N)cc4)c4ccc5ccccc5c4)cc3)cc2)c2ccc3ccccc3c2)cc1. The predicted molar refractivity (Wildman–Crippen MR) is 216 cm³/mol. The quantitative estimate of drug-likeness (QED) is 0.152. The zero-order valence-corrected chi connectivity index (χ0v) is 28.3. The average molecular weight is 665 g/mol. The summed E-state index contributed by atoms with van der Waals surface area (Å²) < 4.78 is 0. The first kappa shape index (κ1) is 31.8. The number of hydrogen-bond donors (Lipinski definition) is 0. The lowest BCUT2D eigenvalue weighted by molar-refractivity contribution is 1.28. The van der Waals surface area contributed by atoms with Crippen molar-refractivity contribution in [3.63, 3.8) is 0 Å². The monoisotopic (exact) mass is 664 g/mol. The molecule has 0 unspecified atom stereocenters. The number of rotatable bonds is 8. The van der Waals surface area contributed by atoms with E-state index in [1.54, 1.807) is 0 Å². The molecular formula is C48H32N4. The van der Waals surface area contributed by atoms with E-state index in [1.807, 2.05) is 48.5 Å². The molecule has 0 saturated heterocycles. The van der Waals surface area contributed by atoms with Gasteiger partial charge in [-0.3, -0.25) is 0 Å². The largest absolute Gasteiger partial charge is 0.310 e. The maximum Gasteiger partial charge on any atom is 0.0991 e. The number of nitrogens with zero attached hydrogens (tertiary/aromatic N) is 4. The highest BCUT2D eigenvalue weighted by atomic mass is 15.1. The molecule has 0 bridgehead atoms. The second kappa shape index (κ2) is 14.2. The molecule has 52 heavy (non-hydrogen) atoms. The van der Waals surface area contributed by atoms with E-state index in [1.165, 1.54) is 21.5 Å². The van der Waals surface area contributed by atoms with Crippen molar-refractivity contribution in [1.82, 2.24) is 0 Å². The van der Waals surface area contributed by atoms with Crippen molar-refractivity contribution < 1.29 is 0 Å². The van der Waals surface area contributed by atoms with E-state index in [2.05, 4.69) is 168 Å². The first-order valence-electron chi connectivity index (χ1n) is 17.1. The van der Waals surface area contributed by atoms with Gasteiger partial charge in [-0.2, -0.15) is 10.5 Å². The first-order chi connectivity index (χ1) is 25.6. The molecule has 0 saturated carbocycles. The van der Waals surface area contributed by atoms with Crippen molar-refractivity contribution in [2.75, 3.05) is 9.80 Å². The van der Waals surface area contributed by atoms with E-state index in [-0.39, 0.29) is 0 Å². The van der Waals surface area contributed by atoms with E-state index >= 15 is 0 Å². The van der Waals surface area contributed by atoms with Gasteiger partial charge in [0.05, 0.1) is 23.3 Å². The van der Waals surface area contributed by atoms with Gasteiger partial charge in [0.2, 0.25) is 0 Å². The molecular weight excluding hydrogens is 633 g/mol.